The topological polar surface area (TPSA) is 71.0 Å². The molecule has 0 spiro atoms. The quantitative estimate of drug-likeness (QED) is 0.186. The van der Waals surface area contributed by atoms with E-state index in [4.69, 9.17) is 9.47 Å². The van der Waals surface area contributed by atoms with Crippen molar-refractivity contribution in [3.8, 4) is 5.75 Å². The highest BCUT2D eigenvalue weighted by molar-refractivity contribution is 5.38. The lowest BCUT2D eigenvalue weighted by Gasteiger charge is -2.17. The van der Waals surface area contributed by atoms with E-state index in [1.165, 1.54) is 12.1 Å². The zero-order chi connectivity index (χ0) is 27.2. The Bertz CT molecular complexity index is 1090. The van der Waals surface area contributed by atoms with Gasteiger partial charge in [-0.25, -0.2) is 0 Å². The molecular formula is C31H39F2NO4. The predicted octanol–water partition coefficient (Wildman–Crippen LogP) is 6.06. The highest BCUT2D eigenvalue weighted by atomic mass is 19.3. The van der Waals surface area contributed by atoms with Gasteiger partial charge in [-0.3, -0.25) is 0 Å². The highest BCUT2D eigenvalue weighted by Gasteiger charge is 2.31. The summed E-state index contributed by atoms with van der Waals surface area (Å²) in [5.41, 5.74) is 3.19. The molecule has 0 aliphatic carbocycles. The number of aliphatic hydroxyl groups is 2. The number of halogens is 2. The van der Waals surface area contributed by atoms with Gasteiger partial charge in [-0.2, -0.15) is 8.78 Å². The Balaban J connectivity index is 1.27. The fraction of sp³-hybridized carbons (Fsp3) is 0.419. The van der Waals surface area contributed by atoms with Crippen LogP contribution in [0.1, 0.15) is 59.6 Å². The second-order valence-corrected chi connectivity index (χ2v) is 9.56. The smallest absolute Gasteiger partial charge is 0.296 e. The molecule has 0 aliphatic heterocycles. The summed E-state index contributed by atoms with van der Waals surface area (Å²) >= 11 is 0. The van der Waals surface area contributed by atoms with Crippen LogP contribution in [0.4, 0.5) is 8.78 Å². The predicted molar refractivity (Wildman–Crippen MR) is 145 cm³/mol. The van der Waals surface area contributed by atoms with Crippen molar-refractivity contribution in [1.29, 1.82) is 0 Å². The van der Waals surface area contributed by atoms with E-state index in [1.54, 1.807) is 31.2 Å². The van der Waals surface area contributed by atoms with Crippen molar-refractivity contribution in [1.82, 2.24) is 5.32 Å². The SMILES string of the molecule is Cc1cccc(C(F)(F)COCCCCCCNC[C@H](O)c2ccc(OCc3ccccc3)c(CO)c2)c1. The van der Waals surface area contributed by atoms with Crippen molar-refractivity contribution in [2.75, 3.05) is 26.3 Å². The van der Waals surface area contributed by atoms with Gasteiger partial charge in [0.1, 0.15) is 19.0 Å². The summed E-state index contributed by atoms with van der Waals surface area (Å²) in [4.78, 5) is 0. The lowest BCUT2D eigenvalue weighted by atomic mass is 10.0. The molecule has 0 unspecified atom stereocenters. The van der Waals surface area contributed by atoms with Gasteiger partial charge >= 0.3 is 0 Å². The van der Waals surface area contributed by atoms with Crippen LogP contribution in [0.25, 0.3) is 0 Å². The number of aryl methyl sites for hydroxylation is 1. The third-order valence-electron chi connectivity index (χ3n) is 6.33. The Morgan fingerprint density at radius 1 is 0.921 bits per heavy atom. The largest absolute Gasteiger partial charge is 0.489 e. The second-order valence-electron chi connectivity index (χ2n) is 9.56. The number of rotatable bonds is 17. The number of ether oxygens (including phenoxy) is 2. The highest BCUT2D eigenvalue weighted by Crippen LogP contribution is 2.29. The number of nitrogens with one attached hydrogen (secondary N) is 1. The van der Waals surface area contributed by atoms with Crippen LogP contribution in [0.2, 0.25) is 0 Å². The van der Waals surface area contributed by atoms with Crippen molar-refractivity contribution in [3.05, 3.63) is 101 Å². The first-order valence-electron chi connectivity index (χ1n) is 13.2. The average Bonchev–Trinajstić information content (AvgIpc) is 2.93. The van der Waals surface area contributed by atoms with Gasteiger partial charge in [0.05, 0.1) is 12.7 Å². The third kappa shape index (κ3) is 9.80. The van der Waals surface area contributed by atoms with Crippen molar-refractivity contribution >= 4 is 0 Å². The second kappa shape index (κ2) is 15.5. The Kier molecular flexibility index (Phi) is 12.2. The van der Waals surface area contributed by atoms with E-state index < -0.39 is 18.6 Å². The number of unbranched alkanes of at least 4 members (excludes halogenated alkanes) is 3. The van der Waals surface area contributed by atoms with Gasteiger partial charge < -0.3 is 25.0 Å². The minimum atomic E-state index is -2.98. The molecule has 0 amide bonds. The Labute approximate surface area is 224 Å². The molecule has 3 aromatic carbocycles. The van der Waals surface area contributed by atoms with Gasteiger partial charge in [0, 0.05) is 24.3 Å². The van der Waals surface area contributed by atoms with Crippen molar-refractivity contribution in [3.63, 3.8) is 0 Å². The summed E-state index contributed by atoms with van der Waals surface area (Å²) in [5.74, 6) is -2.38. The van der Waals surface area contributed by atoms with E-state index >= 15 is 0 Å². The molecule has 5 nitrogen and oxygen atoms in total. The minimum Gasteiger partial charge on any atom is -0.489 e. The van der Waals surface area contributed by atoms with Crippen molar-refractivity contribution in [2.24, 2.45) is 0 Å². The van der Waals surface area contributed by atoms with Gasteiger partial charge in [0.25, 0.3) is 5.92 Å². The zero-order valence-electron chi connectivity index (χ0n) is 22.0. The summed E-state index contributed by atoms with van der Waals surface area (Å²) in [5, 5.41) is 23.5. The van der Waals surface area contributed by atoms with Gasteiger partial charge in [0.2, 0.25) is 0 Å². The maximum Gasteiger partial charge on any atom is 0.296 e. The van der Waals surface area contributed by atoms with Gasteiger partial charge in [-0.05, 0) is 49.6 Å². The Morgan fingerprint density at radius 3 is 2.47 bits per heavy atom. The number of hydrogen-bond donors (Lipinski definition) is 3. The van der Waals surface area contributed by atoms with Crippen molar-refractivity contribution < 1.29 is 28.5 Å². The average molecular weight is 528 g/mol. The molecule has 206 valence electrons. The molecule has 3 rings (SSSR count). The van der Waals surface area contributed by atoms with E-state index in [1.807, 2.05) is 36.4 Å². The standard InChI is InChI=1S/C31H39F2NO4/c1-24-10-9-13-28(18-24)31(32,33)23-37-17-8-3-2-7-16-34-20-29(36)26-14-15-30(27(19-26)21-35)38-22-25-11-5-4-6-12-25/h4-6,9-15,18-19,29,34-36H,2-3,7-8,16-17,20-23H2,1H3/t29-/m0/s1. The molecule has 3 aromatic rings. The first kappa shape index (κ1) is 29.7. The summed E-state index contributed by atoms with van der Waals surface area (Å²) in [6.45, 7) is 2.87. The van der Waals surface area contributed by atoms with E-state index in [-0.39, 0.29) is 12.2 Å². The lowest BCUT2D eigenvalue weighted by Crippen LogP contribution is -2.22. The summed E-state index contributed by atoms with van der Waals surface area (Å²) < 4.78 is 39.5. The van der Waals surface area contributed by atoms with Gasteiger partial charge in [0.15, 0.2) is 0 Å². The van der Waals surface area contributed by atoms with Gasteiger partial charge in [-0.15, -0.1) is 0 Å². The summed E-state index contributed by atoms with van der Waals surface area (Å²) in [7, 11) is 0. The van der Waals surface area contributed by atoms with E-state index in [0.29, 0.717) is 36.6 Å². The summed E-state index contributed by atoms with van der Waals surface area (Å²) in [6, 6.07) is 21.5. The van der Waals surface area contributed by atoms with Crippen LogP contribution < -0.4 is 10.1 Å². The molecule has 0 aromatic heterocycles. The Morgan fingerprint density at radius 2 is 1.71 bits per heavy atom. The molecule has 3 N–H and O–H groups in total. The van der Waals surface area contributed by atoms with E-state index in [2.05, 4.69) is 5.32 Å². The number of benzene rings is 3. The normalized spacial score (nSPS) is 12.4. The molecule has 0 aliphatic rings. The number of aliphatic hydroxyl groups excluding tert-OH is 2. The Hall–Kier alpha value is -2.84. The lowest BCUT2D eigenvalue weighted by molar-refractivity contribution is -0.0831. The van der Waals surface area contributed by atoms with Crippen LogP contribution in [-0.4, -0.2) is 36.5 Å². The fourth-order valence-electron chi connectivity index (χ4n) is 4.13. The first-order valence-corrected chi connectivity index (χ1v) is 13.2. The number of alkyl halides is 2. The van der Waals surface area contributed by atoms with Crippen LogP contribution in [0.5, 0.6) is 5.75 Å². The maximum absolute atomic E-state index is 14.2. The maximum atomic E-state index is 14.2. The zero-order valence-corrected chi connectivity index (χ0v) is 22.0. The first-order chi connectivity index (χ1) is 18.4. The van der Waals surface area contributed by atoms with Crippen LogP contribution in [0.15, 0.2) is 72.8 Å². The van der Waals surface area contributed by atoms with Gasteiger partial charge in [-0.1, -0.05) is 79.1 Å². The fourth-order valence-corrected chi connectivity index (χ4v) is 4.13. The molecular weight excluding hydrogens is 488 g/mol. The van der Waals surface area contributed by atoms with E-state index in [9.17, 15) is 19.0 Å². The summed E-state index contributed by atoms with van der Waals surface area (Å²) in [6.07, 6.45) is 2.79. The van der Waals surface area contributed by atoms with Crippen LogP contribution >= 0.6 is 0 Å². The molecule has 0 saturated heterocycles. The number of hydrogen-bond acceptors (Lipinski definition) is 5. The molecule has 0 radical (unpaired) electrons. The third-order valence-corrected chi connectivity index (χ3v) is 6.33. The van der Waals surface area contributed by atoms with Crippen LogP contribution in [-0.2, 0) is 23.9 Å². The minimum absolute atomic E-state index is 0.00863. The monoisotopic (exact) mass is 527 g/mol. The molecule has 0 fully saturated rings. The molecule has 38 heavy (non-hydrogen) atoms. The molecule has 1 atom stereocenters. The molecule has 7 heteroatoms. The molecule has 0 heterocycles. The molecule has 0 bridgehead atoms. The van der Waals surface area contributed by atoms with Crippen molar-refractivity contribution in [2.45, 2.75) is 57.8 Å². The van der Waals surface area contributed by atoms with Crippen LogP contribution in [0.3, 0.4) is 0 Å². The van der Waals surface area contributed by atoms with Crippen LogP contribution in [0, 0.1) is 6.92 Å². The van der Waals surface area contributed by atoms with E-state index in [0.717, 1.165) is 43.4 Å². The molecule has 0 saturated carbocycles.